The van der Waals surface area contributed by atoms with Crippen molar-refractivity contribution < 1.29 is 5.21 Å². The van der Waals surface area contributed by atoms with Crippen LogP contribution in [0.3, 0.4) is 0 Å². The third-order valence-corrected chi connectivity index (χ3v) is 1.80. The van der Waals surface area contributed by atoms with E-state index in [0.717, 1.165) is 6.21 Å². The van der Waals surface area contributed by atoms with E-state index in [9.17, 15) is 0 Å². The van der Waals surface area contributed by atoms with E-state index in [4.69, 9.17) is 10.6 Å². The molecule has 64 valence electrons. The highest BCUT2D eigenvalue weighted by molar-refractivity contribution is 7.98. The van der Waals surface area contributed by atoms with Crippen molar-refractivity contribution in [3.05, 3.63) is 11.8 Å². The molecule has 0 unspecified atom stereocenters. The molecule has 0 fully saturated rings. The number of nitrogens with one attached hydrogen (secondary N) is 2. The minimum absolute atomic E-state index is 0.254. The van der Waals surface area contributed by atoms with E-state index in [0.29, 0.717) is 10.7 Å². The zero-order valence-corrected chi connectivity index (χ0v) is 7.22. The quantitative estimate of drug-likeness (QED) is 0.282. The normalized spacial score (nSPS) is 9.50. The largest absolute Gasteiger partial charge is 0.308 e. The highest BCUT2D eigenvalue weighted by Crippen LogP contribution is 2.13. The lowest BCUT2D eigenvalue weighted by Crippen LogP contribution is -2.00. The van der Waals surface area contributed by atoms with Gasteiger partial charge in [-0.1, -0.05) is 11.8 Å². The van der Waals surface area contributed by atoms with Gasteiger partial charge < -0.3 is 5.41 Å². The molecule has 1 aromatic heterocycles. The first-order valence-corrected chi connectivity index (χ1v) is 4.36. The average Bonchev–Trinajstić information content (AvgIpc) is 2.16. The summed E-state index contributed by atoms with van der Waals surface area (Å²) in [4.78, 5) is 7.85. The molecule has 0 aliphatic carbocycles. The molecule has 0 saturated heterocycles. The third-order valence-electron chi connectivity index (χ3n) is 1.24. The molecule has 1 aromatic rings. The van der Waals surface area contributed by atoms with Crippen molar-refractivity contribution >= 4 is 23.8 Å². The summed E-state index contributed by atoms with van der Waals surface area (Å²) in [6, 6.07) is 0. The van der Waals surface area contributed by atoms with E-state index in [1.54, 1.807) is 0 Å². The summed E-state index contributed by atoms with van der Waals surface area (Å²) < 4.78 is 0. The van der Waals surface area contributed by atoms with Crippen LogP contribution >= 0.6 is 11.8 Å². The van der Waals surface area contributed by atoms with Gasteiger partial charge in [0.2, 0.25) is 0 Å². The van der Waals surface area contributed by atoms with Gasteiger partial charge in [-0.3, -0.25) is 10.7 Å². The maximum atomic E-state index is 8.62. The summed E-state index contributed by atoms with van der Waals surface area (Å²) in [5, 5.41) is 16.1. The zero-order chi connectivity index (χ0) is 8.97. The van der Waals surface area contributed by atoms with Gasteiger partial charge in [0.25, 0.3) is 0 Å². The highest BCUT2D eigenvalue weighted by Gasteiger charge is 2.02. The fourth-order valence-electron chi connectivity index (χ4n) is 0.668. The number of nitrogens with zero attached hydrogens (tertiary/aromatic N) is 2. The van der Waals surface area contributed by atoms with Crippen molar-refractivity contribution in [1.82, 2.24) is 9.97 Å². The molecule has 0 spiro atoms. The maximum absolute atomic E-state index is 8.62. The predicted molar refractivity (Wildman–Crippen MR) is 47.1 cm³/mol. The summed E-state index contributed by atoms with van der Waals surface area (Å²) in [6.45, 7) is 0. The van der Waals surface area contributed by atoms with Crippen LogP contribution in [-0.4, -0.2) is 27.6 Å². The van der Waals surface area contributed by atoms with Crippen molar-refractivity contribution in [2.75, 3.05) is 11.7 Å². The van der Waals surface area contributed by atoms with E-state index >= 15 is 0 Å². The van der Waals surface area contributed by atoms with Gasteiger partial charge in [0.1, 0.15) is 0 Å². The molecule has 5 nitrogen and oxygen atoms in total. The van der Waals surface area contributed by atoms with Crippen LogP contribution in [0.25, 0.3) is 0 Å². The first-order chi connectivity index (χ1) is 5.81. The van der Waals surface area contributed by atoms with Gasteiger partial charge in [0, 0.05) is 12.4 Å². The number of thioether (sulfide) groups is 1. The zero-order valence-electron chi connectivity index (χ0n) is 6.40. The van der Waals surface area contributed by atoms with E-state index in [-0.39, 0.29) is 5.82 Å². The van der Waals surface area contributed by atoms with Crippen LogP contribution in [0.5, 0.6) is 0 Å². The molecule has 1 rings (SSSR count). The van der Waals surface area contributed by atoms with E-state index < -0.39 is 0 Å². The van der Waals surface area contributed by atoms with Crippen LogP contribution in [0.15, 0.2) is 11.4 Å². The molecule has 0 bridgehead atoms. The second-order valence-corrected chi connectivity index (χ2v) is 2.69. The van der Waals surface area contributed by atoms with Gasteiger partial charge in [0.05, 0.1) is 5.56 Å². The summed E-state index contributed by atoms with van der Waals surface area (Å²) in [5.41, 5.74) is 2.36. The Morgan fingerprint density at radius 3 is 3.00 bits per heavy atom. The van der Waals surface area contributed by atoms with Crippen molar-refractivity contribution in [2.24, 2.45) is 0 Å². The second-order valence-electron chi connectivity index (χ2n) is 1.92. The summed E-state index contributed by atoms with van der Waals surface area (Å²) >= 11 is 1.37. The molecular formula is C6H8N4OS. The number of rotatable bonds is 3. The molecule has 12 heavy (non-hydrogen) atoms. The second kappa shape index (κ2) is 4.03. The molecule has 0 amide bonds. The topological polar surface area (TPSA) is 81.9 Å². The van der Waals surface area contributed by atoms with Gasteiger partial charge in [-0.25, -0.2) is 9.97 Å². The standard InChI is InChI=1S/C6H8N4OS/c1-12-6-8-3-4(2-7)5(9-6)10-11/h2-3,7,11H,1H3,(H,8,9,10). The van der Waals surface area contributed by atoms with Crippen molar-refractivity contribution in [1.29, 1.82) is 5.41 Å². The van der Waals surface area contributed by atoms with Crippen molar-refractivity contribution in [3.8, 4) is 0 Å². The first-order valence-electron chi connectivity index (χ1n) is 3.13. The van der Waals surface area contributed by atoms with Crippen LogP contribution < -0.4 is 5.48 Å². The Morgan fingerprint density at radius 1 is 1.75 bits per heavy atom. The Kier molecular flexibility index (Phi) is 3.01. The fraction of sp³-hybridized carbons (Fsp3) is 0.167. The minimum Gasteiger partial charge on any atom is -0.308 e. The van der Waals surface area contributed by atoms with Crippen LogP contribution in [0, 0.1) is 5.41 Å². The molecule has 0 aliphatic heterocycles. The van der Waals surface area contributed by atoms with E-state index in [2.05, 4.69) is 9.97 Å². The number of anilines is 1. The summed E-state index contributed by atoms with van der Waals surface area (Å²) in [5.74, 6) is 0.254. The van der Waals surface area contributed by atoms with Gasteiger partial charge in [-0.2, -0.15) is 0 Å². The highest BCUT2D eigenvalue weighted by atomic mass is 32.2. The Morgan fingerprint density at radius 2 is 2.50 bits per heavy atom. The summed E-state index contributed by atoms with van der Waals surface area (Å²) in [6.07, 6.45) is 4.38. The van der Waals surface area contributed by atoms with E-state index in [1.165, 1.54) is 18.0 Å². The number of hydrogen-bond acceptors (Lipinski definition) is 6. The molecule has 6 heteroatoms. The van der Waals surface area contributed by atoms with Gasteiger partial charge in [-0.05, 0) is 6.26 Å². The molecule has 0 atom stereocenters. The maximum Gasteiger partial charge on any atom is 0.189 e. The third kappa shape index (κ3) is 1.72. The Bertz CT molecular complexity index is 291. The Hall–Kier alpha value is -1.14. The Balaban J connectivity index is 3.10. The van der Waals surface area contributed by atoms with Crippen LogP contribution in [0.2, 0.25) is 0 Å². The molecular weight excluding hydrogens is 176 g/mol. The average molecular weight is 184 g/mol. The lowest BCUT2D eigenvalue weighted by molar-refractivity contribution is 0.385. The Labute approximate surface area is 73.7 Å². The van der Waals surface area contributed by atoms with Gasteiger partial charge in [0.15, 0.2) is 11.0 Å². The number of hydrogen-bond donors (Lipinski definition) is 3. The van der Waals surface area contributed by atoms with Gasteiger partial charge >= 0.3 is 0 Å². The van der Waals surface area contributed by atoms with Crippen LogP contribution in [0.1, 0.15) is 5.56 Å². The fourth-order valence-corrected chi connectivity index (χ4v) is 1.01. The molecule has 1 heterocycles. The van der Waals surface area contributed by atoms with Crippen molar-refractivity contribution in [3.63, 3.8) is 0 Å². The predicted octanol–water partition coefficient (Wildman–Crippen LogP) is 0.997. The lowest BCUT2D eigenvalue weighted by atomic mass is 10.3. The summed E-state index contributed by atoms with van der Waals surface area (Å²) in [7, 11) is 0. The molecule has 0 radical (unpaired) electrons. The van der Waals surface area contributed by atoms with Crippen LogP contribution in [-0.2, 0) is 0 Å². The molecule has 0 saturated carbocycles. The molecule has 3 N–H and O–H groups in total. The first kappa shape index (κ1) is 8.95. The number of aromatic nitrogens is 2. The molecule has 0 aliphatic rings. The SMILES string of the molecule is CSc1ncc(C=N)c(NO)n1. The molecule has 0 aromatic carbocycles. The van der Waals surface area contributed by atoms with E-state index in [1.807, 2.05) is 11.7 Å². The van der Waals surface area contributed by atoms with Gasteiger partial charge in [-0.15, -0.1) is 0 Å². The monoisotopic (exact) mass is 184 g/mol. The lowest BCUT2D eigenvalue weighted by Gasteiger charge is -2.02. The van der Waals surface area contributed by atoms with Crippen molar-refractivity contribution in [2.45, 2.75) is 5.16 Å². The van der Waals surface area contributed by atoms with Crippen LogP contribution in [0.4, 0.5) is 5.82 Å². The minimum atomic E-state index is 0.254. The smallest absolute Gasteiger partial charge is 0.189 e.